The van der Waals surface area contributed by atoms with Crippen LogP contribution in [0, 0.1) is 0 Å². The maximum atomic E-state index is 11.0. The molecule has 0 aromatic heterocycles. The lowest BCUT2D eigenvalue weighted by Crippen LogP contribution is -2.39. The Morgan fingerprint density at radius 1 is 1.35 bits per heavy atom. The number of esters is 1. The minimum absolute atomic E-state index is 0. The highest BCUT2D eigenvalue weighted by Crippen LogP contribution is 2.25. The molecule has 23 heavy (non-hydrogen) atoms. The molecule has 1 aromatic rings. The molecule has 0 saturated carbocycles. The van der Waals surface area contributed by atoms with Gasteiger partial charge in [-0.1, -0.05) is 12.1 Å². The smallest absolute Gasteiger partial charge is 0.307 e. The van der Waals surface area contributed by atoms with E-state index in [4.69, 9.17) is 4.74 Å². The van der Waals surface area contributed by atoms with Crippen LogP contribution in [0.3, 0.4) is 0 Å². The first-order valence-electron chi connectivity index (χ1n) is 7.49. The second-order valence-corrected chi connectivity index (χ2v) is 5.04. The molecule has 0 unspecified atom stereocenters. The van der Waals surface area contributed by atoms with Crippen LogP contribution in [0.25, 0.3) is 0 Å². The average molecular weight is 433 g/mol. The highest BCUT2D eigenvalue weighted by molar-refractivity contribution is 14.0. The number of guanidine groups is 1. The quantitative estimate of drug-likeness (QED) is 0.308. The molecular formula is C16H24IN3O3. The summed E-state index contributed by atoms with van der Waals surface area (Å²) in [5.41, 5.74) is 2.57. The first-order valence-corrected chi connectivity index (χ1v) is 7.49. The van der Waals surface area contributed by atoms with Crippen molar-refractivity contribution in [3.05, 3.63) is 29.3 Å². The number of fused-ring (bicyclic) bond motifs is 1. The van der Waals surface area contributed by atoms with Crippen LogP contribution in [0.1, 0.15) is 17.5 Å². The zero-order valence-corrected chi connectivity index (χ0v) is 15.9. The Balaban J connectivity index is 0.00000264. The number of hydrogen-bond acceptors (Lipinski definition) is 4. The van der Waals surface area contributed by atoms with E-state index in [-0.39, 0.29) is 29.9 Å². The van der Waals surface area contributed by atoms with Crippen LogP contribution in [-0.4, -0.2) is 45.8 Å². The second kappa shape index (κ2) is 10.3. The zero-order valence-electron chi connectivity index (χ0n) is 13.6. The lowest BCUT2D eigenvalue weighted by molar-refractivity contribution is -0.140. The minimum Gasteiger partial charge on any atom is -0.493 e. The molecule has 1 aromatic carbocycles. The van der Waals surface area contributed by atoms with Crippen LogP contribution in [-0.2, 0) is 22.4 Å². The molecule has 1 aliphatic rings. The molecule has 2 N–H and O–H groups in total. The van der Waals surface area contributed by atoms with Gasteiger partial charge in [-0.25, -0.2) is 0 Å². The highest BCUT2D eigenvalue weighted by Gasteiger charge is 2.11. The van der Waals surface area contributed by atoms with Crippen LogP contribution >= 0.6 is 24.0 Å². The number of rotatable bonds is 6. The normalized spacial score (nSPS) is 12.7. The van der Waals surface area contributed by atoms with Gasteiger partial charge in [-0.3, -0.25) is 9.79 Å². The molecular weight excluding hydrogens is 409 g/mol. The molecule has 7 heteroatoms. The summed E-state index contributed by atoms with van der Waals surface area (Å²) in [6.07, 6.45) is 2.22. The van der Waals surface area contributed by atoms with E-state index in [1.165, 1.54) is 18.2 Å². The van der Waals surface area contributed by atoms with Gasteiger partial charge in [0.25, 0.3) is 0 Å². The van der Waals surface area contributed by atoms with E-state index >= 15 is 0 Å². The summed E-state index contributed by atoms with van der Waals surface area (Å²) in [4.78, 5) is 15.2. The summed E-state index contributed by atoms with van der Waals surface area (Å²) in [7, 11) is 3.09. The highest BCUT2D eigenvalue weighted by atomic mass is 127. The van der Waals surface area contributed by atoms with Crippen LogP contribution in [0.4, 0.5) is 0 Å². The number of nitrogens with one attached hydrogen (secondary N) is 2. The number of hydrogen-bond donors (Lipinski definition) is 2. The van der Waals surface area contributed by atoms with Crippen molar-refractivity contribution in [2.45, 2.75) is 19.3 Å². The lowest BCUT2D eigenvalue weighted by atomic mass is 10.1. The average Bonchev–Trinajstić information content (AvgIpc) is 3.00. The van der Waals surface area contributed by atoms with E-state index in [0.29, 0.717) is 18.9 Å². The first-order chi connectivity index (χ1) is 10.7. The van der Waals surface area contributed by atoms with Gasteiger partial charge in [-0.2, -0.15) is 0 Å². The number of aliphatic imine (C=N–C) groups is 1. The summed E-state index contributed by atoms with van der Waals surface area (Å²) in [6, 6.07) is 6.35. The monoisotopic (exact) mass is 433 g/mol. The molecule has 1 aliphatic heterocycles. The van der Waals surface area contributed by atoms with Gasteiger partial charge in [-0.05, 0) is 23.6 Å². The Hall–Kier alpha value is -1.51. The molecule has 2 rings (SSSR count). The molecule has 0 amide bonds. The summed E-state index contributed by atoms with van der Waals surface area (Å²) in [6.45, 7) is 2.06. The number of ether oxygens (including phenoxy) is 2. The first kappa shape index (κ1) is 19.5. The molecule has 1 heterocycles. The number of nitrogens with zero attached hydrogens (tertiary/aromatic N) is 1. The van der Waals surface area contributed by atoms with E-state index in [2.05, 4.69) is 32.5 Å². The third-order valence-electron chi connectivity index (χ3n) is 3.53. The number of carbonyl (C=O) groups is 1. The topological polar surface area (TPSA) is 72.0 Å². The molecule has 6 nitrogen and oxygen atoms in total. The number of benzene rings is 1. The Bertz CT molecular complexity index is 549. The van der Waals surface area contributed by atoms with E-state index in [9.17, 15) is 4.79 Å². The van der Waals surface area contributed by atoms with Crippen molar-refractivity contribution in [1.82, 2.24) is 10.6 Å². The maximum Gasteiger partial charge on any atom is 0.307 e. The molecule has 0 fully saturated rings. The molecule has 128 valence electrons. The maximum absolute atomic E-state index is 11.0. The number of methoxy groups -OCH3 is 1. The summed E-state index contributed by atoms with van der Waals surface area (Å²) >= 11 is 0. The summed E-state index contributed by atoms with van der Waals surface area (Å²) in [5, 5.41) is 6.31. The van der Waals surface area contributed by atoms with Crippen molar-refractivity contribution in [2.24, 2.45) is 4.99 Å². The largest absolute Gasteiger partial charge is 0.493 e. The summed E-state index contributed by atoms with van der Waals surface area (Å²) in [5.74, 6) is 1.47. The molecule has 0 radical (unpaired) electrons. The fraction of sp³-hybridized carbons (Fsp3) is 0.500. The van der Waals surface area contributed by atoms with Gasteiger partial charge >= 0.3 is 5.97 Å². The van der Waals surface area contributed by atoms with Gasteiger partial charge in [0, 0.05) is 26.6 Å². The van der Waals surface area contributed by atoms with Crippen molar-refractivity contribution in [2.75, 3.05) is 33.9 Å². The lowest BCUT2D eigenvalue weighted by Gasteiger charge is -2.11. The SMILES string of the molecule is CN=C(NCCC(=O)OC)NCCc1ccc2c(c1)CCO2.I. The molecule has 0 spiro atoms. The van der Waals surface area contributed by atoms with Gasteiger partial charge in [0.1, 0.15) is 5.75 Å². The van der Waals surface area contributed by atoms with Crippen LogP contribution < -0.4 is 15.4 Å². The third kappa shape index (κ3) is 6.25. The third-order valence-corrected chi connectivity index (χ3v) is 3.53. The van der Waals surface area contributed by atoms with Crippen molar-refractivity contribution in [3.8, 4) is 5.75 Å². The van der Waals surface area contributed by atoms with Crippen molar-refractivity contribution in [3.63, 3.8) is 0 Å². The number of halogens is 1. The molecule has 0 saturated heterocycles. The Morgan fingerprint density at radius 2 is 2.13 bits per heavy atom. The Morgan fingerprint density at radius 3 is 2.87 bits per heavy atom. The van der Waals surface area contributed by atoms with E-state index < -0.39 is 0 Å². The Labute approximate surface area is 154 Å². The van der Waals surface area contributed by atoms with Crippen molar-refractivity contribution >= 4 is 35.9 Å². The van der Waals surface area contributed by atoms with Crippen LogP contribution in [0.2, 0.25) is 0 Å². The van der Waals surface area contributed by atoms with Gasteiger partial charge in [0.2, 0.25) is 0 Å². The van der Waals surface area contributed by atoms with E-state index in [1.807, 2.05) is 6.07 Å². The van der Waals surface area contributed by atoms with Crippen molar-refractivity contribution < 1.29 is 14.3 Å². The van der Waals surface area contributed by atoms with Crippen molar-refractivity contribution in [1.29, 1.82) is 0 Å². The fourth-order valence-corrected chi connectivity index (χ4v) is 2.33. The minimum atomic E-state index is -0.233. The summed E-state index contributed by atoms with van der Waals surface area (Å²) < 4.78 is 10.1. The molecule has 0 bridgehead atoms. The van der Waals surface area contributed by atoms with Crippen LogP contribution in [0.5, 0.6) is 5.75 Å². The van der Waals surface area contributed by atoms with E-state index in [0.717, 1.165) is 31.7 Å². The van der Waals surface area contributed by atoms with Gasteiger partial charge in [0.15, 0.2) is 5.96 Å². The van der Waals surface area contributed by atoms with Gasteiger partial charge < -0.3 is 20.1 Å². The van der Waals surface area contributed by atoms with Crippen LogP contribution in [0.15, 0.2) is 23.2 Å². The van der Waals surface area contributed by atoms with E-state index in [1.54, 1.807) is 7.05 Å². The predicted octanol–water partition coefficient (Wildman–Crippen LogP) is 1.51. The second-order valence-electron chi connectivity index (χ2n) is 5.04. The number of carbonyl (C=O) groups excluding carboxylic acids is 1. The molecule has 0 atom stereocenters. The van der Waals surface area contributed by atoms with Gasteiger partial charge in [0.05, 0.1) is 20.1 Å². The zero-order chi connectivity index (χ0) is 15.8. The van der Waals surface area contributed by atoms with Gasteiger partial charge in [-0.15, -0.1) is 24.0 Å². The standard InChI is InChI=1S/C16H23N3O3.HI/c1-17-16(19-9-6-15(20)21-2)18-8-5-12-3-4-14-13(11-12)7-10-22-14;/h3-4,11H,5-10H2,1-2H3,(H2,17,18,19);1H. The predicted molar refractivity (Wildman–Crippen MR) is 101 cm³/mol. The Kier molecular flexibility index (Phi) is 8.75. The molecule has 0 aliphatic carbocycles. The fourth-order valence-electron chi connectivity index (χ4n) is 2.33.